The molecule has 2 heterocycles. The van der Waals surface area contributed by atoms with Gasteiger partial charge < -0.3 is 80.5 Å². The number of aliphatic hydroxyl groups is 1. The van der Waals surface area contributed by atoms with Crippen molar-refractivity contribution in [3.05, 3.63) is 70.9 Å². The second kappa shape index (κ2) is 29.5. The Morgan fingerprint density at radius 3 is 1.97 bits per heavy atom. The minimum atomic E-state index is -1.78. The van der Waals surface area contributed by atoms with Gasteiger partial charge in [-0.3, -0.25) is 54.0 Å². The Kier molecular flexibility index (Phi) is 23.3. The molecule has 1 saturated heterocycles. The van der Waals surface area contributed by atoms with Gasteiger partial charge in [-0.05, 0) is 68.2 Å². The molecule has 0 saturated carbocycles. The van der Waals surface area contributed by atoms with Crippen molar-refractivity contribution in [1.29, 1.82) is 10.8 Å². The normalized spacial score (nSPS) is 21.2. The first-order chi connectivity index (χ1) is 35.3. The van der Waals surface area contributed by atoms with E-state index in [0.29, 0.717) is 11.1 Å². The molecule has 0 bridgehead atoms. The van der Waals surface area contributed by atoms with Crippen molar-refractivity contribution >= 4 is 87.6 Å². The topological polar surface area (TPSA) is 436 Å². The summed E-state index contributed by atoms with van der Waals surface area (Å²) in [6, 6.07) is 3.41. The Balaban J connectivity index is 1.75. The molecule has 0 spiro atoms. The molecule has 3 aromatic rings. The number of aliphatic hydroxyl groups excluding tert-OH is 1. The molecule has 4 rings (SSSR count). The van der Waals surface area contributed by atoms with Gasteiger partial charge in [0.25, 0.3) is 0 Å². The Bertz CT molecular complexity index is 2510. The van der Waals surface area contributed by atoms with Gasteiger partial charge in [0, 0.05) is 67.9 Å². The third-order valence-electron chi connectivity index (χ3n) is 11.8. The van der Waals surface area contributed by atoms with Crippen LogP contribution in [0.1, 0.15) is 69.4 Å². The molecule has 26 nitrogen and oxygen atoms in total. The number of hydrogen-bond acceptors (Lipinski definition) is 12. The summed E-state index contributed by atoms with van der Waals surface area (Å²) in [5.41, 5.74) is 18.3. The van der Waals surface area contributed by atoms with Crippen LogP contribution in [0.4, 0.5) is 0 Å². The number of H-pyrrole nitrogens is 1. The maximum Gasteiger partial charge on any atom is 0.245 e. The van der Waals surface area contributed by atoms with Gasteiger partial charge in [-0.15, -0.1) is 0 Å². The number of carbonyl (C=O) groups excluding carboxylic acids is 9. The standard InChI is InChI=1S/C47H67ClN16O10/c1-25(66)58-32(14-7-19-55-46(50)51)40(69)61-34-16-17-38(67)54-18-6-13-31(39(49)68)59-43(72)36(22-27-23-57-30-12-5-3-10-28(27)30)62-41(70)33(15-8-20-56-47(52)53)60-44(73)35(21-26-9-2-4-11-29(26)48)63-45(74)37(24-65)64-42(34)71/h2-5,9-12,23,31-37,57,65H,6-8,13-22,24H2,1H3,(H2,49,68)(H,54,67)(H,58,66)(H,59,72)(H,60,73)(H,61,69)(H,62,70)(H,63,74)(H,64,71)(H4,50,51,55)(H4,52,53,56)/t31-,32-,33-,34-,35+,36-,37-/m0/s1. The fraction of sp³-hybridized carbons (Fsp3) is 0.468. The Morgan fingerprint density at radius 1 is 0.743 bits per heavy atom. The van der Waals surface area contributed by atoms with E-state index in [1.165, 1.54) is 6.92 Å². The van der Waals surface area contributed by atoms with Crippen LogP contribution in [0, 0.1) is 10.8 Å². The minimum Gasteiger partial charge on any atom is -0.394 e. The van der Waals surface area contributed by atoms with Crippen LogP contribution >= 0.6 is 11.6 Å². The molecule has 1 aromatic heterocycles. The first-order valence-electron chi connectivity index (χ1n) is 24.0. The second-order valence-electron chi connectivity index (χ2n) is 17.6. The Hall–Kier alpha value is -8.00. The summed E-state index contributed by atoms with van der Waals surface area (Å²) >= 11 is 6.51. The molecule has 74 heavy (non-hydrogen) atoms. The van der Waals surface area contributed by atoms with Crippen molar-refractivity contribution in [2.75, 3.05) is 26.2 Å². The van der Waals surface area contributed by atoms with Gasteiger partial charge in [0.15, 0.2) is 11.9 Å². The van der Waals surface area contributed by atoms with Crippen molar-refractivity contribution in [3.63, 3.8) is 0 Å². The van der Waals surface area contributed by atoms with Crippen LogP contribution in [0.15, 0.2) is 54.7 Å². The summed E-state index contributed by atoms with van der Waals surface area (Å²) in [7, 11) is 0. The quantitative estimate of drug-likeness (QED) is 0.0358. The van der Waals surface area contributed by atoms with E-state index in [1.807, 2.05) is 18.2 Å². The molecule has 0 unspecified atom stereocenters. The average Bonchev–Trinajstić information content (AvgIpc) is 3.76. The smallest absolute Gasteiger partial charge is 0.245 e. The summed E-state index contributed by atoms with van der Waals surface area (Å²) in [6.07, 6.45) is 0.820. The lowest BCUT2D eigenvalue weighted by molar-refractivity contribution is -0.136. The van der Waals surface area contributed by atoms with E-state index in [9.17, 15) is 48.3 Å². The molecule has 402 valence electrons. The predicted molar refractivity (Wildman–Crippen MR) is 272 cm³/mol. The minimum absolute atomic E-state index is 0.0202. The number of hydrogen-bond donors (Lipinski definition) is 17. The molecular formula is C47H67ClN16O10. The fourth-order valence-electron chi connectivity index (χ4n) is 7.94. The van der Waals surface area contributed by atoms with E-state index in [4.69, 9.17) is 39.6 Å². The summed E-state index contributed by atoms with van der Waals surface area (Å²) < 4.78 is 0. The molecule has 20 N–H and O–H groups in total. The summed E-state index contributed by atoms with van der Waals surface area (Å²) in [6.45, 7) is 0.346. The fourth-order valence-corrected chi connectivity index (χ4v) is 8.16. The Labute approximate surface area is 431 Å². The van der Waals surface area contributed by atoms with Crippen LogP contribution in [0.3, 0.4) is 0 Å². The van der Waals surface area contributed by atoms with Crippen molar-refractivity contribution in [1.82, 2.24) is 58.2 Å². The number of carbonyl (C=O) groups is 9. The molecule has 1 aliphatic rings. The lowest BCUT2D eigenvalue weighted by atomic mass is 10.0. The van der Waals surface area contributed by atoms with Gasteiger partial charge in [0.05, 0.1) is 6.61 Å². The van der Waals surface area contributed by atoms with Gasteiger partial charge in [-0.1, -0.05) is 48.0 Å². The third-order valence-corrected chi connectivity index (χ3v) is 12.2. The second-order valence-corrected chi connectivity index (χ2v) is 18.0. The van der Waals surface area contributed by atoms with Crippen LogP contribution < -0.4 is 70.4 Å². The van der Waals surface area contributed by atoms with Gasteiger partial charge in [0.2, 0.25) is 53.2 Å². The number of halogens is 1. The van der Waals surface area contributed by atoms with Crippen molar-refractivity contribution in [3.8, 4) is 0 Å². The van der Waals surface area contributed by atoms with Crippen LogP contribution in [0.2, 0.25) is 5.02 Å². The number of nitrogens with two attached hydrogens (primary N) is 3. The summed E-state index contributed by atoms with van der Waals surface area (Å²) in [5, 5.41) is 52.2. The lowest BCUT2D eigenvalue weighted by Crippen LogP contribution is -2.61. The number of rotatable bonds is 17. The van der Waals surface area contributed by atoms with Crippen molar-refractivity contribution in [2.24, 2.45) is 17.2 Å². The molecule has 9 amide bonds. The third kappa shape index (κ3) is 19.2. The number of aromatic amines is 1. The summed E-state index contributed by atoms with van der Waals surface area (Å²) in [5.74, 6) is -8.37. The number of guanidine groups is 2. The highest BCUT2D eigenvalue weighted by molar-refractivity contribution is 6.31. The number of benzene rings is 2. The number of fused-ring (bicyclic) bond motifs is 1. The molecular weight excluding hydrogens is 984 g/mol. The van der Waals surface area contributed by atoms with Gasteiger partial charge in [0.1, 0.15) is 42.3 Å². The number of nitrogens with one attached hydrogen (secondary N) is 13. The van der Waals surface area contributed by atoms with E-state index in [2.05, 4.69) is 58.2 Å². The van der Waals surface area contributed by atoms with E-state index in [-0.39, 0.29) is 101 Å². The highest BCUT2D eigenvalue weighted by atomic mass is 35.5. The number of aromatic nitrogens is 1. The number of primary amides is 1. The zero-order valence-electron chi connectivity index (χ0n) is 40.9. The maximum atomic E-state index is 14.5. The molecule has 27 heteroatoms. The predicted octanol–water partition coefficient (Wildman–Crippen LogP) is -3.29. The van der Waals surface area contributed by atoms with E-state index in [1.54, 1.807) is 36.5 Å². The summed E-state index contributed by atoms with van der Waals surface area (Å²) in [4.78, 5) is 126. The monoisotopic (exact) mass is 1050 g/mol. The lowest BCUT2D eigenvalue weighted by Gasteiger charge is -2.28. The molecule has 0 radical (unpaired) electrons. The largest absolute Gasteiger partial charge is 0.394 e. The van der Waals surface area contributed by atoms with Crippen LogP contribution in [0.5, 0.6) is 0 Å². The maximum absolute atomic E-state index is 14.5. The number of amides is 9. The number of para-hydroxylation sites is 1. The zero-order chi connectivity index (χ0) is 54.3. The van der Waals surface area contributed by atoms with E-state index >= 15 is 0 Å². The van der Waals surface area contributed by atoms with Gasteiger partial charge >= 0.3 is 0 Å². The van der Waals surface area contributed by atoms with E-state index < -0.39 is 102 Å². The SMILES string of the molecule is CC(=O)N[C@@H](CCCNC(=N)N)C(=O)N[C@H]1CCC(=O)NCCC[C@@H](C(N)=O)NC(=O)[C@H](Cc2c[nH]c3ccccc23)NC(=O)[C@H](CCCNC(=N)N)NC(=O)[C@@H](Cc2ccccc2Cl)NC(=O)[C@H](CO)NC1=O. The highest BCUT2D eigenvalue weighted by Gasteiger charge is 2.35. The first-order valence-corrected chi connectivity index (χ1v) is 24.3. The van der Waals surface area contributed by atoms with Crippen LogP contribution in [0.25, 0.3) is 10.9 Å². The molecule has 1 fully saturated rings. The van der Waals surface area contributed by atoms with Crippen LogP contribution in [-0.2, 0) is 56.0 Å². The van der Waals surface area contributed by atoms with Gasteiger partial charge in [-0.25, -0.2) is 0 Å². The van der Waals surface area contributed by atoms with Crippen molar-refractivity contribution < 1.29 is 48.3 Å². The Morgan fingerprint density at radius 2 is 1.32 bits per heavy atom. The van der Waals surface area contributed by atoms with Gasteiger partial charge in [-0.2, -0.15) is 0 Å². The molecule has 2 aromatic carbocycles. The van der Waals surface area contributed by atoms with Crippen molar-refractivity contribution in [2.45, 2.75) is 113 Å². The average molecular weight is 1050 g/mol. The zero-order valence-corrected chi connectivity index (χ0v) is 41.6. The molecule has 7 atom stereocenters. The highest BCUT2D eigenvalue weighted by Crippen LogP contribution is 2.20. The first kappa shape index (κ1) is 58.6. The van der Waals surface area contributed by atoms with Crippen LogP contribution in [-0.4, -0.2) is 144 Å². The molecule has 1 aliphatic heterocycles. The molecule has 0 aliphatic carbocycles. The van der Waals surface area contributed by atoms with E-state index in [0.717, 1.165) is 10.9 Å².